The lowest BCUT2D eigenvalue weighted by Crippen LogP contribution is -2.33. The lowest BCUT2D eigenvalue weighted by atomic mass is 10.1. The molecular formula is C22H22N4O4S. The number of anilines is 2. The number of nitrogens with zero attached hydrogens (tertiary/aromatic N) is 1. The average molecular weight is 439 g/mol. The summed E-state index contributed by atoms with van der Waals surface area (Å²) in [5.74, 6) is -0.977. The van der Waals surface area contributed by atoms with Crippen molar-refractivity contribution in [1.82, 2.24) is 10.3 Å². The second-order valence-electron chi connectivity index (χ2n) is 6.92. The maximum Gasteiger partial charge on any atom is 0.261 e. The summed E-state index contributed by atoms with van der Waals surface area (Å²) in [5, 5.41) is 5.12. The third-order valence-electron chi connectivity index (χ3n) is 4.42. The summed E-state index contributed by atoms with van der Waals surface area (Å²) >= 11 is 0. The molecule has 31 heavy (non-hydrogen) atoms. The van der Waals surface area contributed by atoms with Crippen LogP contribution in [0.2, 0.25) is 0 Å². The van der Waals surface area contributed by atoms with Crippen molar-refractivity contribution in [3.8, 4) is 0 Å². The van der Waals surface area contributed by atoms with Gasteiger partial charge in [-0.15, -0.1) is 0 Å². The van der Waals surface area contributed by atoms with Gasteiger partial charge in [-0.3, -0.25) is 19.3 Å². The number of hydrogen-bond acceptors (Lipinski definition) is 5. The second kappa shape index (κ2) is 9.40. The van der Waals surface area contributed by atoms with Crippen LogP contribution in [0.25, 0.3) is 0 Å². The Labute approximate surface area is 180 Å². The molecule has 1 aromatic heterocycles. The summed E-state index contributed by atoms with van der Waals surface area (Å²) in [5.41, 5.74) is 2.68. The maximum atomic E-state index is 12.7. The van der Waals surface area contributed by atoms with E-state index in [9.17, 15) is 18.0 Å². The fourth-order valence-electron chi connectivity index (χ4n) is 2.75. The normalized spacial score (nSPS) is 10.9. The first-order valence-electron chi connectivity index (χ1n) is 9.43. The number of nitrogens with one attached hydrogen (secondary N) is 3. The lowest BCUT2D eigenvalue weighted by Gasteiger charge is -2.12. The second-order valence-corrected chi connectivity index (χ2v) is 8.60. The van der Waals surface area contributed by atoms with E-state index in [0.717, 1.165) is 5.56 Å². The van der Waals surface area contributed by atoms with Gasteiger partial charge in [0.25, 0.3) is 15.9 Å². The van der Waals surface area contributed by atoms with Crippen molar-refractivity contribution in [2.45, 2.75) is 18.7 Å². The smallest absolute Gasteiger partial charge is 0.261 e. The van der Waals surface area contributed by atoms with Crippen molar-refractivity contribution >= 4 is 33.2 Å². The van der Waals surface area contributed by atoms with Crippen molar-refractivity contribution in [3.63, 3.8) is 0 Å². The topological polar surface area (TPSA) is 117 Å². The minimum absolute atomic E-state index is 0.0522. The van der Waals surface area contributed by atoms with Crippen molar-refractivity contribution in [2.75, 3.05) is 16.6 Å². The van der Waals surface area contributed by atoms with Gasteiger partial charge in [-0.2, -0.15) is 0 Å². The molecule has 2 aromatic carbocycles. The van der Waals surface area contributed by atoms with E-state index in [2.05, 4.69) is 20.3 Å². The number of benzene rings is 2. The van der Waals surface area contributed by atoms with Crippen LogP contribution < -0.4 is 15.4 Å². The van der Waals surface area contributed by atoms with Gasteiger partial charge in [-0.05, 0) is 55.8 Å². The maximum absolute atomic E-state index is 12.7. The largest absolute Gasteiger partial charge is 0.343 e. The molecule has 1 heterocycles. The highest BCUT2D eigenvalue weighted by Gasteiger charge is 2.19. The molecule has 0 aliphatic heterocycles. The summed E-state index contributed by atoms with van der Waals surface area (Å²) in [6.07, 6.45) is 3.06. The molecule has 3 aromatic rings. The van der Waals surface area contributed by atoms with Crippen molar-refractivity contribution in [3.05, 3.63) is 83.7 Å². The first-order chi connectivity index (χ1) is 14.7. The van der Waals surface area contributed by atoms with Crippen molar-refractivity contribution in [2.24, 2.45) is 0 Å². The number of pyridine rings is 1. The molecule has 0 saturated heterocycles. The summed E-state index contributed by atoms with van der Waals surface area (Å²) < 4.78 is 28.0. The van der Waals surface area contributed by atoms with Crippen LogP contribution in [0.3, 0.4) is 0 Å². The van der Waals surface area contributed by atoms with Crippen LogP contribution in [0, 0.1) is 13.8 Å². The Morgan fingerprint density at radius 3 is 2.39 bits per heavy atom. The molecule has 0 radical (unpaired) electrons. The minimum atomic E-state index is -3.89. The summed E-state index contributed by atoms with van der Waals surface area (Å²) in [4.78, 5) is 28.4. The molecule has 8 nitrogen and oxygen atoms in total. The number of carbonyl (C=O) groups excluding carboxylic acids is 2. The standard InChI is InChI=1S/C22H22N4O4S/c1-15-5-8-17(9-6-15)26-31(29,30)19-10-7-16(2)20(12-19)22(28)24-14-21(27)25-18-4-3-11-23-13-18/h3-13,26H,14H2,1-2H3,(H,24,28)(H,25,27). The van der Waals surface area contributed by atoms with Crippen LogP contribution >= 0.6 is 0 Å². The molecule has 9 heteroatoms. The van der Waals surface area contributed by atoms with Gasteiger partial charge in [0.15, 0.2) is 0 Å². The van der Waals surface area contributed by atoms with Crippen LogP contribution in [0.5, 0.6) is 0 Å². The monoisotopic (exact) mass is 438 g/mol. The first-order valence-corrected chi connectivity index (χ1v) is 10.9. The minimum Gasteiger partial charge on any atom is -0.343 e. The quantitative estimate of drug-likeness (QED) is 0.524. The van der Waals surface area contributed by atoms with Gasteiger partial charge in [-0.25, -0.2) is 8.42 Å². The number of sulfonamides is 1. The summed E-state index contributed by atoms with van der Waals surface area (Å²) in [6, 6.07) is 14.5. The SMILES string of the molecule is Cc1ccc(NS(=O)(=O)c2ccc(C)c(C(=O)NCC(=O)Nc3cccnc3)c2)cc1. The van der Waals surface area contributed by atoms with Crippen LogP contribution in [-0.2, 0) is 14.8 Å². The van der Waals surface area contributed by atoms with Crippen LogP contribution in [0.4, 0.5) is 11.4 Å². The van der Waals surface area contributed by atoms with Crippen LogP contribution in [0.1, 0.15) is 21.5 Å². The van der Waals surface area contributed by atoms with E-state index in [1.54, 1.807) is 55.6 Å². The zero-order valence-electron chi connectivity index (χ0n) is 17.0. The first kappa shape index (κ1) is 22.0. The van der Waals surface area contributed by atoms with Gasteiger partial charge >= 0.3 is 0 Å². The Balaban J connectivity index is 1.70. The van der Waals surface area contributed by atoms with Crippen molar-refractivity contribution < 1.29 is 18.0 Å². The molecule has 2 amide bonds. The highest BCUT2D eigenvalue weighted by Crippen LogP contribution is 2.20. The number of aromatic nitrogens is 1. The number of hydrogen-bond donors (Lipinski definition) is 3. The molecule has 0 aliphatic rings. The molecule has 0 spiro atoms. The Morgan fingerprint density at radius 1 is 0.968 bits per heavy atom. The lowest BCUT2D eigenvalue weighted by molar-refractivity contribution is -0.115. The van der Waals surface area contributed by atoms with Gasteiger partial charge in [0.1, 0.15) is 0 Å². The Morgan fingerprint density at radius 2 is 1.71 bits per heavy atom. The number of carbonyl (C=O) groups is 2. The molecule has 160 valence electrons. The average Bonchev–Trinajstić information content (AvgIpc) is 2.74. The fraction of sp³-hybridized carbons (Fsp3) is 0.136. The predicted octanol–water partition coefficient (Wildman–Crippen LogP) is 2.87. The van der Waals surface area contributed by atoms with Gasteiger partial charge in [0.2, 0.25) is 5.91 Å². The highest BCUT2D eigenvalue weighted by atomic mass is 32.2. The molecule has 3 N–H and O–H groups in total. The molecule has 0 fully saturated rings. The molecular weight excluding hydrogens is 416 g/mol. The Bertz CT molecular complexity index is 1190. The van der Waals surface area contributed by atoms with E-state index in [4.69, 9.17) is 0 Å². The van der Waals surface area contributed by atoms with E-state index < -0.39 is 21.8 Å². The van der Waals surface area contributed by atoms with E-state index in [-0.39, 0.29) is 17.0 Å². The van der Waals surface area contributed by atoms with E-state index in [1.807, 2.05) is 6.92 Å². The molecule has 0 atom stereocenters. The third kappa shape index (κ3) is 5.89. The number of aryl methyl sites for hydroxylation is 2. The summed E-state index contributed by atoms with van der Waals surface area (Å²) in [6.45, 7) is 3.32. The zero-order chi connectivity index (χ0) is 22.4. The van der Waals surface area contributed by atoms with Crippen LogP contribution in [0.15, 0.2) is 71.9 Å². The van der Waals surface area contributed by atoms with Gasteiger partial charge < -0.3 is 10.6 Å². The van der Waals surface area contributed by atoms with E-state index in [0.29, 0.717) is 16.9 Å². The highest BCUT2D eigenvalue weighted by molar-refractivity contribution is 7.92. The van der Waals surface area contributed by atoms with Crippen molar-refractivity contribution in [1.29, 1.82) is 0 Å². The zero-order valence-corrected chi connectivity index (χ0v) is 17.9. The molecule has 0 bridgehead atoms. The fourth-order valence-corrected chi connectivity index (χ4v) is 3.83. The molecule has 0 saturated carbocycles. The molecule has 0 aliphatic carbocycles. The van der Waals surface area contributed by atoms with Gasteiger partial charge in [0, 0.05) is 17.4 Å². The predicted molar refractivity (Wildman–Crippen MR) is 118 cm³/mol. The van der Waals surface area contributed by atoms with Crippen LogP contribution in [-0.4, -0.2) is 31.8 Å². The molecule has 3 rings (SSSR count). The third-order valence-corrected chi connectivity index (χ3v) is 5.80. The van der Waals surface area contributed by atoms with Gasteiger partial charge in [-0.1, -0.05) is 23.8 Å². The van der Waals surface area contributed by atoms with E-state index in [1.165, 1.54) is 18.3 Å². The Hall–Kier alpha value is -3.72. The molecule has 0 unspecified atom stereocenters. The number of amides is 2. The van der Waals surface area contributed by atoms with Gasteiger partial charge in [0.05, 0.1) is 23.3 Å². The Kier molecular flexibility index (Phi) is 6.66. The van der Waals surface area contributed by atoms with E-state index >= 15 is 0 Å². The summed E-state index contributed by atoms with van der Waals surface area (Å²) in [7, 11) is -3.89. The number of rotatable bonds is 7.